The van der Waals surface area contributed by atoms with Gasteiger partial charge in [0.15, 0.2) is 5.78 Å². The lowest BCUT2D eigenvalue weighted by Gasteiger charge is -2.38. The monoisotopic (exact) mass is 297 g/mol. The first kappa shape index (κ1) is 14.6. The van der Waals surface area contributed by atoms with Crippen molar-refractivity contribution in [2.75, 3.05) is 33.0 Å². The molecule has 0 amide bonds. The largest absolute Gasteiger partial charge is 0.377 e. The second-order valence-corrected chi connectivity index (χ2v) is 5.60. The summed E-state index contributed by atoms with van der Waals surface area (Å²) in [4.78, 5) is 12.5. The number of carbonyl (C=O) groups is 1. The molecule has 114 valence electrons. The standard InChI is InChI=1S/C15H17F2NO3/c16-12-3-10(4-13(17)6-12)11-5-14(19)15(18-7-11)8-20-1-2-21-9-15/h3-4,6,11,18H,1-2,5,7-9H2/t11-/m0/s1. The molecular weight excluding hydrogens is 280 g/mol. The number of hydrogen-bond acceptors (Lipinski definition) is 4. The molecule has 0 saturated carbocycles. The highest BCUT2D eigenvalue weighted by Crippen LogP contribution is 2.29. The number of ether oxygens (including phenoxy) is 2. The molecular formula is C15H17F2NO3. The Bertz CT molecular complexity index is 521. The minimum atomic E-state index is -0.821. The van der Waals surface area contributed by atoms with Gasteiger partial charge in [-0.1, -0.05) is 0 Å². The zero-order valence-corrected chi connectivity index (χ0v) is 11.5. The molecule has 1 aromatic rings. The van der Waals surface area contributed by atoms with E-state index in [0.29, 0.717) is 25.3 Å². The third-order valence-corrected chi connectivity index (χ3v) is 4.08. The first-order chi connectivity index (χ1) is 10.1. The van der Waals surface area contributed by atoms with Crippen molar-refractivity contribution in [1.82, 2.24) is 5.32 Å². The molecule has 2 saturated heterocycles. The van der Waals surface area contributed by atoms with E-state index in [0.717, 1.165) is 6.07 Å². The van der Waals surface area contributed by atoms with Crippen LogP contribution in [0.15, 0.2) is 18.2 Å². The quantitative estimate of drug-likeness (QED) is 0.851. The van der Waals surface area contributed by atoms with Crippen LogP contribution in [0.5, 0.6) is 0 Å². The molecule has 6 heteroatoms. The number of ketones is 1. The van der Waals surface area contributed by atoms with Gasteiger partial charge in [-0.15, -0.1) is 0 Å². The number of piperidine rings is 1. The van der Waals surface area contributed by atoms with E-state index in [9.17, 15) is 13.6 Å². The molecule has 1 atom stereocenters. The van der Waals surface area contributed by atoms with Crippen molar-refractivity contribution < 1.29 is 23.0 Å². The van der Waals surface area contributed by atoms with Gasteiger partial charge in [0.1, 0.15) is 17.2 Å². The van der Waals surface area contributed by atoms with Gasteiger partial charge in [-0.2, -0.15) is 0 Å². The van der Waals surface area contributed by atoms with Crippen LogP contribution in [-0.2, 0) is 14.3 Å². The van der Waals surface area contributed by atoms with E-state index in [2.05, 4.69) is 5.32 Å². The van der Waals surface area contributed by atoms with E-state index >= 15 is 0 Å². The van der Waals surface area contributed by atoms with Gasteiger partial charge in [-0.25, -0.2) is 8.78 Å². The summed E-state index contributed by atoms with van der Waals surface area (Å²) in [5.41, 5.74) is -0.322. The predicted octanol–water partition coefficient (Wildman–Crippen LogP) is 1.40. The second kappa shape index (κ2) is 5.79. The minimum Gasteiger partial charge on any atom is -0.377 e. The Morgan fingerprint density at radius 1 is 1.10 bits per heavy atom. The summed E-state index contributed by atoms with van der Waals surface area (Å²) in [6.07, 6.45) is 0.225. The van der Waals surface area contributed by atoms with E-state index in [1.54, 1.807) is 0 Å². The lowest BCUT2D eigenvalue weighted by molar-refractivity contribution is -0.131. The lowest BCUT2D eigenvalue weighted by Crippen LogP contribution is -2.62. The molecule has 0 aromatic heterocycles. The number of halogens is 2. The van der Waals surface area contributed by atoms with Crippen LogP contribution in [0.1, 0.15) is 17.9 Å². The molecule has 0 unspecified atom stereocenters. The molecule has 1 aromatic carbocycles. The number of benzene rings is 1. The number of Topliss-reactive ketones (excluding diaryl/α,β-unsaturated/α-hetero) is 1. The summed E-state index contributed by atoms with van der Waals surface area (Å²) in [6.45, 7) is 1.94. The molecule has 0 aliphatic carbocycles. The minimum absolute atomic E-state index is 0.0367. The summed E-state index contributed by atoms with van der Waals surface area (Å²) in [5.74, 6) is -1.53. The maximum absolute atomic E-state index is 13.3. The van der Waals surface area contributed by atoms with Crippen molar-refractivity contribution in [3.05, 3.63) is 35.4 Å². The zero-order chi connectivity index (χ0) is 14.9. The van der Waals surface area contributed by atoms with Crippen LogP contribution in [0.25, 0.3) is 0 Å². The summed E-state index contributed by atoms with van der Waals surface area (Å²) in [7, 11) is 0. The van der Waals surface area contributed by atoms with Gasteiger partial charge in [0.2, 0.25) is 0 Å². The van der Waals surface area contributed by atoms with Crippen LogP contribution >= 0.6 is 0 Å². The van der Waals surface area contributed by atoms with Crippen molar-refractivity contribution in [3.8, 4) is 0 Å². The summed E-state index contributed by atoms with van der Waals surface area (Å²) < 4.78 is 37.4. The number of carbonyl (C=O) groups excluding carboxylic acids is 1. The van der Waals surface area contributed by atoms with Gasteiger partial charge in [0, 0.05) is 24.9 Å². The van der Waals surface area contributed by atoms with E-state index < -0.39 is 17.2 Å². The van der Waals surface area contributed by atoms with Gasteiger partial charge < -0.3 is 14.8 Å². The Morgan fingerprint density at radius 3 is 2.29 bits per heavy atom. The molecule has 2 aliphatic heterocycles. The molecule has 2 heterocycles. The second-order valence-electron chi connectivity index (χ2n) is 5.60. The molecule has 1 spiro atoms. The van der Waals surface area contributed by atoms with Crippen molar-refractivity contribution in [3.63, 3.8) is 0 Å². The smallest absolute Gasteiger partial charge is 0.158 e. The number of nitrogens with one attached hydrogen (secondary N) is 1. The van der Waals surface area contributed by atoms with Gasteiger partial charge in [0.25, 0.3) is 0 Å². The van der Waals surface area contributed by atoms with Crippen molar-refractivity contribution in [2.24, 2.45) is 0 Å². The maximum Gasteiger partial charge on any atom is 0.158 e. The van der Waals surface area contributed by atoms with Crippen LogP contribution in [0, 0.1) is 11.6 Å². The fraction of sp³-hybridized carbons (Fsp3) is 0.533. The molecule has 21 heavy (non-hydrogen) atoms. The molecule has 4 nitrogen and oxygen atoms in total. The first-order valence-corrected chi connectivity index (χ1v) is 6.99. The summed E-state index contributed by atoms with van der Waals surface area (Å²) in [6, 6.07) is 3.39. The van der Waals surface area contributed by atoms with E-state index in [-0.39, 0.29) is 31.3 Å². The van der Waals surface area contributed by atoms with Crippen molar-refractivity contribution in [2.45, 2.75) is 17.9 Å². The first-order valence-electron chi connectivity index (χ1n) is 6.99. The molecule has 2 fully saturated rings. The lowest BCUT2D eigenvalue weighted by atomic mass is 9.81. The third-order valence-electron chi connectivity index (χ3n) is 4.08. The van der Waals surface area contributed by atoms with E-state index in [1.165, 1.54) is 12.1 Å². The average Bonchev–Trinajstić information content (AvgIpc) is 2.67. The van der Waals surface area contributed by atoms with E-state index in [4.69, 9.17) is 9.47 Å². The highest BCUT2D eigenvalue weighted by Gasteiger charge is 2.44. The average molecular weight is 297 g/mol. The Kier molecular flexibility index (Phi) is 4.01. The molecule has 1 N–H and O–H groups in total. The van der Waals surface area contributed by atoms with Gasteiger partial charge in [-0.05, 0) is 17.7 Å². The Morgan fingerprint density at radius 2 is 1.71 bits per heavy atom. The van der Waals surface area contributed by atoms with Crippen LogP contribution in [0.4, 0.5) is 8.78 Å². The Labute approximate surface area is 121 Å². The SMILES string of the molecule is O=C1C[C@H](c2cc(F)cc(F)c2)CNC12COCCOC2. The van der Waals surface area contributed by atoms with Gasteiger partial charge >= 0.3 is 0 Å². The van der Waals surface area contributed by atoms with Crippen molar-refractivity contribution in [1.29, 1.82) is 0 Å². The highest BCUT2D eigenvalue weighted by molar-refractivity contribution is 5.90. The van der Waals surface area contributed by atoms with Crippen LogP contribution in [0.2, 0.25) is 0 Å². The maximum atomic E-state index is 13.3. The van der Waals surface area contributed by atoms with Crippen LogP contribution in [-0.4, -0.2) is 44.3 Å². The fourth-order valence-corrected chi connectivity index (χ4v) is 2.87. The molecule has 3 rings (SSSR count). The third kappa shape index (κ3) is 2.97. The molecule has 0 bridgehead atoms. The van der Waals surface area contributed by atoms with E-state index in [1.807, 2.05) is 0 Å². The van der Waals surface area contributed by atoms with Crippen molar-refractivity contribution >= 4 is 5.78 Å². The topological polar surface area (TPSA) is 47.6 Å². The molecule has 0 radical (unpaired) electrons. The predicted molar refractivity (Wildman–Crippen MR) is 71.1 cm³/mol. The Hall–Kier alpha value is -1.37. The number of hydrogen-bond donors (Lipinski definition) is 1. The highest BCUT2D eigenvalue weighted by atomic mass is 19.1. The Balaban J connectivity index is 1.77. The normalized spacial score (nSPS) is 25.8. The van der Waals surface area contributed by atoms with Crippen LogP contribution < -0.4 is 5.32 Å². The summed E-state index contributed by atoms with van der Waals surface area (Å²) in [5, 5.41) is 3.17. The fourth-order valence-electron chi connectivity index (χ4n) is 2.87. The van der Waals surface area contributed by atoms with Gasteiger partial charge in [-0.3, -0.25) is 4.79 Å². The zero-order valence-electron chi connectivity index (χ0n) is 11.5. The van der Waals surface area contributed by atoms with Gasteiger partial charge in [0.05, 0.1) is 26.4 Å². The molecule has 2 aliphatic rings. The number of rotatable bonds is 1. The van der Waals surface area contributed by atoms with Crippen LogP contribution in [0.3, 0.4) is 0 Å². The summed E-state index contributed by atoms with van der Waals surface area (Å²) >= 11 is 0.